The number of fused-ring (bicyclic) bond motifs is 2. The van der Waals surface area contributed by atoms with Crippen LogP contribution < -0.4 is 10.3 Å². The lowest BCUT2D eigenvalue weighted by atomic mass is 9.47. The molecule has 31 heavy (non-hydrogen) atoms. The minimum atomic E-state index is 0.396. The van der Waals surface area contributed by atoms with Gasteiger partial charge in [0.2, 0.25) is 5.52 Å². The van der Waals surface area contributed by atoms with E-state index in [1.165, 1.54) is 44.0 Å². The minimum absolute atomic E-state index is 0.396. The van der Waals surface area contributed by atoms with Gasteiger partial charge in [0.1, 0.15) is 0 Å². The molecule has 2 aromatic rings. The van der Waals surface area contributed by atoms with Gasteiger partial charge in [-0.1, -0.05) is 49.1 Å². The molecule has 2 N–H and O–H groups in total. The summed E-state index contributed by atoms with van der Waals surface area (Å²) in [5.41, 5.74) is 11.8. The molecule has 0 saturated heterocycles. The molecule has 2 aromatic heterocycles. The van der Waals surface area contributed by atoms with E-state index in [1.54, 1.807) is 5.57 Å². The maximum atomic E-state index is 6.14. The van der Waals surface area contributed by atoms with Crippen LogP contribution in [-0.2, 0) is 13.6 Å². The SMILES string of the molecule is CC1=CCC[C@H]2[C@](C)(CC/C(C)=C/Cn3c[n+](C)c4ncnc(N)c43)[C@@H](C)CC[C@]12C. The molecule has 2 heterocycles. The number of aryl methyl sites for hydroxylation is 1. The summed E-state index contributed by atoms with van der Waals surface area (Å²) in [6.07, 6.45) is 16.2. The van der Waals surface area contributed by atoms with E-state index < -0.39 is 0 Å². The molecule has 0 spiro atoms. The van der Waals surface area contributed by atoms with Crippen molar-refractivity contribution in [2.75, 3.05) is 5.73 Å². The minimum Gasteiger partial charge on any atom is -0.380 e. The number of nitrogen functional groups attached to an aromatic ring is 1. The van der Waals surface area contributed by atoms with Crippen LogP contribution >= 0.6 is 0 Å². The zero-order valence-electron chi connectivity index (χ0n) is 20.3. The Morgan fingerprint density at radius 2 is 2.10 bits per heavy atom. The fraction of sp³-hybridized carbons (Fsp3) is 0.654. The Balaban J connectivity index is 1.50. The summed E-state index contributed by atoms with van der Waals surface area (Å²) < 4.78 is 4.17. The Bertz CT molecular complexity index is 1030. The molecule has 4 atom stereocenters. The Kier molecular flexibility index (Phi) is 5.74. The van der Waals surface area contributed by atoms with Gasteiger partial charge in [-0.3, -0.25) is 4.57 Å². The number of hydrogen-bond acceptors (Lipinski definition) is 3. The second-order valence-corrected chi connectivity index (χ2v) is 10.7. The molecule has 0 amide bonds. The summed E-state index contributed by atoms with van der Waals surface area (Å²) in [4.78, 5) is 8.56. The monoisotopic (exact) mass is 422 g/mol. The van der Waals surface area contributed by atoms with E-state index in [0.29, 0.717) is 16.6 Å². The van der Waals surface area contributed by atoms with Gasteiger partial charge in [-0.15, -0.1) is 0 Å². The van der Waals surface area contributed by atoms with Gasteiger partial charge in [0.05, 0.1) is 13.6 Å². The molecule has 0 radical (unpaired) electrons. The van der Waals surface area contributed by atoms with Crippen LogP contribution in [0.4, 0.5) is 5.82 Å². The quantitative estimate of drug-likeness (QED) is 0.521. The highest BCUT2D eigenvalue weighted by atomic mass is 15.2. The van der Waals surface area contributed by atoms with E-state index in [-0.39, 0.29) is 0 Å². The molecule has 2 aliphatic rings. The first-order chi connectivity index (χ1) is 14.7. The molecule has 0 aromatic carbocycles. The van der Waals surface area contributed by atoms with E-state index in [4.69, 9.17) is 5.73 Å². The van der Waals surface area contributed by atoms with Crippen molar-refractivity contribution in [1.29, 1.82) is 0 Å². The van der Waals surface area contributed by atoms with Crippen molar-refractivity contribution >= 4 is 17.0 Å². The lowest BCUT2D eigenvalue weighted by Gasteiger charge is -2.58. The molecule has 0 unspecified atom stereocenters. The summed E-state index contributed by atoms with van der Waals surface area (Å²) in [6, 6.07) is 0. The average Bonchev–Trinajstić information content (AvgIpc) is 3.07. The van der Waals surface area contributed by atoms with Crippen LogP contribution in [0.1, 0.15) is 73.1 Å². The Labute approximate surface area is 187 Å². The van der Waals surface area contributed by atoms with Crippen LogP contribution in [-0.4, -0.2) is 14.5 Å². The summed E-state index contributed by atoms with van der Waals surface area (Å²) in [5, 5.41) is 0. The van der Waals surface area contributed by atoms with Crippen molar-refractivity contribution in [3.05, 3.63) is 36.0 Å². The Morgan fingerprint density at radius 1 is 1.32 bits per heavy atom. The lowest BCUT2D eigenvalue weighted by Crippen LogP contribution is -2.49. The van der Waals surface area contributed by atoms with Crippen LogP contribution in [0, 0.1) is 22.7 Å². The van der Waals surface area contributed by atoms with Crippen LogP contribution in [0.15, 0.2) is 36.0 Å². The largest absolute Gasteiger partial charge is 0.380 e. The highest BCUT2D eigenvalue weighted by Gasteiger charge is 2.52. The molecule has 1 saturated carbocycles. The Morgan fingerprint density at radius 3 is 2.87 bits per heavy atom. The molecule has 168 valence electrons. The van der Waals surface area contributed by atoms with E-state index in [9.17, 15) is 0 Å². The smallest absolute Gasteiger partial charge is 0.307 e. The number of hydrogen-bond donors (Lipinski definition) is 1. The molecule has 5 nitrogen and oxygen atoms in total. The number of rotatable bonds is 5. The molecule has 0 bridgehead atoms. The van der Waals surface area contributed by atoms with Crippen molar-refractivity contribution in [3.63, 3.8) is 0 Å². The highest BCUT2D eigenvalue weighted by Crippen LogP contribution is 2.61. The van der Waals surface area contributed by atoms with Gasteiger partial charge in [0.25, 0.3) is 0 Å². The third-order valence-electron chi connectivity index (χ3n) is 9.05. The van der Waals surface area contributed by atoms with Gasteiger partial charge in [-0.05, 0) is 75.0 Å². The van der Waals surface area contributed by atoms with Gasteiger partial charge < -0.3 is 5.73 Å². The van der Waals surface area contributed by atoms with Crippen LogP contribution in [0.2, 0.25) is 0 Å². The zero-order valence-corrected chi connectivity index (χ0v) is 20.3. The second-order valence-electron chi connectivity index (χ2n) is 10.7. The van der Waals surface area contributed by atoms with Crippen molar-refractivity contribution in [3.8, 4) is 0 Å². The van der Waals surface area contributed by atoms with E-state index in [2.05, 4.69) is 67.6 Å². The molecule has 0 aliphatic heterocycles. The number of anilines is 1. The third-order valence-corrected chi connectivity index (χ3v) is 9.05. The Hall–Kier alpha value is -2.17. The maximum absolute atomic E-state index is 6.14. The van der Waals surface area contributed by atoms with Gasteiger partial charge in [0, 0.05) is 0 Å². The summed E-state index contributed by atoms with van der Waals surface area (Å²) in [7, 11) is 2.00. The molecule has 1 fully saturated rings. The van der Waals surface area contributed by atoms with Crippen molar-refractivity contribution < 1.29 is 4.57 Å². The first-order valence-electron chi connectivity index (χ1n) is 11.9. The average molecular weight is 423 g/mol. The van der Waals surface area contributed by atoms with Crippen molar-refractivity contribution in [1.82, 2.24) is 14.5 Å². The number of aromatic nitrogens is 4. The number of nitrogens with two attached hydrogens (primary N) is 1. The highest BCUT2D eigenvalue weighted by molar-refractivity contribution is 5.79. The normalized spacial score (nSPS) is 31.5. The standard InChI is InChI=1S/C26H40N5/c1-18(12-15-31-17-30(6)24-22(31)23(27)28-16-29-24)10-13-25(4)20(3)11-14-26(5)19(2)8-7-9-21(25)26/h8,12,16-17,20-21H,7,9-11,13-15H2,1-6H3,(H2,27,28,29)/q+1/b18-12+/t20-,21-,25+,26+/m0/s1. The molecule has 2 aliphatic carbocycles. The van der Waals surface area contributed by atoms with Crippen LogP contribution in [0.5, 0.6) is 0 Å². The summed E-state index contributed by atoms with van der Waals surface area (Å²) in [5.74, 6) is 2.12. The van der Waals surface area contributed by atoms with E-state index >= 15 is 0 Å². The second kappa shape index (κ2) is 8.07. The fourth-order valence-electron chi connectivity index (χ4n) is 6.53. The topological polar surface area (TPSA) is 60.6 Å². The van der Waals surface area contributed by atoms with Crippen LogP contribution in [0.25, 0.3) is 11.2 Å². The van der Waals surface area contributed by atoms with E-state index in [0.717, 1.165) is 36.0 Å². The van der Waals surface area contributed by atoms with Gasteiger partial charge in [-0.25, -0.2) is 4.57 Å². The van der Waals surface area contributed by atoms with Crippen LogP contribution in [0.3, 0.4) is 0 Å². The molecule has 4 rings (SSSR count). The first-order valence-corrected chi connectivity index (χ1v) is 11.9. The molecular formula is C26H40N5+. The number of allylic oxidation sites excluding steroid dienone is 4. The lowest BCUT2D eigenvalue weighted by molar-refractivity contribution is -0.647. The maximum Gasteiger partial charge on any atom is 0.307 e. The first kappa shape index (κ1) is 22.0. The fourth-order valence-corrected chi connectivity index (χ4v) is 6.53. The zero-order chi connectivity index (χ0) is 22.4. The third kappa shape index (κ3) is 3.70. The summed E-state index contributed by atoms with van der Waals surface area (Å²) in [6.45, 7) is 13.1. The van der Waals surface area contributed by atoms with Gasteiger partial charge >= 0.3 is 5.65 Å². The van der Waals surface area contributed by atoms with E-state index in [1.807, 2.05) is 11.6 Å². The number of nitrogens with zero attached hydrogens (tertiary/aromatic N) is 4. The van der Waals surface area contributed by atoms with Gasteiger partial charge in [-0.2, -0.15) is 4.98 Å². The number of imidazole rings is 1. The molecular weight excluding hydrogens is 382 g/mol. The predicted molar refractivity (Wildman–Crippen MR) is 127 cm³/mol. The predicted octanol–water partition coefficient (Wildman–Crippen LogP) is 5.36. The summed E-state index contributed by atoms with van der Waals surface area (Å²) >= 11 is 0. The van der Waals surface area contributed by atoms with Gasteiger partial charge in [0.15, 0.2) is 18.5 Å². The van der Waals surface area contributed by atoms with Crippen molar-refractivity contribution in [2.24, 2.45) is 29.7 Å². The molecule has 5 heteroatoms. The van der Waals surface area contributed by atoms with Crippen molar-refractivity contribution in [2.45, 2.75) is 79.7 Å².